The van der Waals surface area contributed by atoms with E-state index in [-0.39, 0.29) is 0 Å². The molecular formula is C53H33N3S. The molecule has 1 aliphatic carbocycles. The van der Waals surface area contributed by atoms with Crippen molar-refractivity contribution in [3.05, 3.63) is 222 Å². The highest BCUT2D eigenvalue weighted by molar-refractivity contribution is 7.26. The van der Waals surface area contributed by atoms with E-state index in [1.807, 2.05) is 23.5 Å². The lowest BCUT2D eigenvalue weighted by atomic mass is 9.64. The van der Waals surface area contributed by atoms with E-state index in [0.717, 1.165) is 33.9 Å². The number of nitrogens with zero attached hydrogens (tertiary/aromatic N) is 3. The van der Waals surface area contributed by atoms with Gasteiger partial charge in [-0.3, -0.25) is 4.90 Å². The summed E-state index contributed by atoms with van der Waals surface area (Å²) < 4.78 is 2.64. The smallest absolute Gasteiger partial charge is 0.235 e. The molecule has 0 fully saturated rings. The predicted molar refractivity (Wildman–Crippen MR) is 237 cm³/mol. The number of hydrogen-bond donors (Lipinski definition) is 0. The number of rotatable bonds is 4. The van der Waals surface area contributed by atoms with Crippen molar-refractivity contribution in [3.8, 4) is 44.8 Å². The zero-order valence-electron chi connectivity index (χ0n) is 30.8. The van der Waals surface area contributed by atoms with Gasteiger partial charge in [0.2, 0.25) is 5.95 Å². The fourth-order valence-electron chi connectivity index (χ4n) is 9.51. The molecule has 4 heteroatoms. The average molecular weight is 744 g/mol. The van der Waals surface area contributed by atoms with Crippen LogP contribution in [-0.4, -0.2) is 9.97 Å². The lowest BCUT2D eigenvalue weighted by Gasteiger charge is -2.44. The Morgan fingerprint density at radius 2 is 0.930 bits per heavy atom. The quantitative estimate of drug-likeness (QED) is 0.180. The summed E-state index contributed by atoms with van der Waals surface area (Å²) in [6.07, 6.45) is 0. The van der Waals surface area contributed by atoms with Gasteiger partial charge in [-0.05, 0) is 74.8 Å². The number of fused-ring (bicyclic) bond motifs is 12. The van der Waals surface area contributed by atoms with E-state index in [9.17, 15) is 0 Å². The van der Waals surface area contributed by atoms with Gasteiger partial charge in [-0.2, -0.15) is 0 Å². The maximum atomic E-state index is 5.37. The largest absolute Gasteiger partial charge is 0.278 e. The summed E-state index contributed by atoms with van der Waals surface area (Å²) in [6.45, 7) is 0. The van der Waals surface area contributed by atoms with E-state index in [1.54, 1.807) is 0 Å². The van der Waals surface area contributed by atoms with Gasteiger partial charge in [-0.1, -0.05) is 170 Å². The molecule has 1 spiro atoms. The summed E-state index contributed by atoms with van der Waals surface area (Å²) in [5, 5.41) is 2.62. The highest BCUT2D eigenvalue weighted by Crippen LogP contribution is 2.63. The molecule has 0 bridgehead atoms. The Hall–Kier alpha value is -7.14. The Kier molecular flexibility index (Phi) is 7.01. The Labute approximate surface area is 334 Å². The second kappa shape index (κ2) is 12.4. The number of thiophene rings is 1. The molecule has 12 rings (SSSR count). The second-order valence-corrected chi connectivity index (χ2v) is 15.9. The molecule has 0 saturated carbocycles. The molecule has 0 atom stereocenters. The molecule has 3 heterocycles. The van der Waals surface area contributed by atoms with Crippen LogP contribution in [0.3, 0.4) is 0 Å². The van der Waals surface area contributed by atoms with Crippen molar-refractivity contribution in [2.45, 2.75) is 5.41 Å². The zero-order valence-corrected chi connectivity index (χ0v) is 31.6. The molecule has 266 valence electrons. The summed E-state index contributed by atoms with van der Waals surface area (Å²) in [5.74, 6) is 0.640. The molecule has 2 aliphatic rings. The summed E-state index contributed by atoms with van der Waals surface area (Å²) in [6, 6.07) is 72.5. The first-order valence-corrected chi connectivity index (χ1v) is 20.2. The van der Waals surface area contributed by atoms with Crippen LogP contribution in [0, 0.1) is 0 Å². The fourth-order valence-corrected chi connectivity index (χ4v) is 10.8. The molecule has 3 nitrogen and oxygen atoms in total. The predicted octanol–water partition coefficient (Wildman–Crippen LogP) is 14.0. The van der Waals surface area contributed by atoms with E-state index < -0.39 is 5.41 Å². The van der Waals surface area contributed by atoms with Gasteiger partial charge >= 0.3 is 0 Å². The van der Waals surface area contributed by atoms with E-state index in [0.29, 0.717) is 5.95 Å². The third-order valence-electron chi connectivity index (χ3n) is 11.9. The SMILES string of the molecule is c1ccc(-c2cc(-c3ccccc3)nc(N3c4ccccc4C4(c5ccccc5-c5ccc(-c6cccc7c6sc6ccccc67)cc54)c4ccccc43)n2)cc1. The number of anilines is 3. The number of aromatic nitrogens is 2. The van der Waals surface area contributed by atoms with Crippen LogP contribution in [0.25, 0.3) is 64.9 Å². The first-order chi connectivity index (χ1) is 28.3. The summed E-state index contributed by atoms with van der Waals surface area (Å²) >= 11 is 1.88. The topological polar surface area (TPSA) is 29.0 Å². The van der Waals surface area contributed by atoms with Crippen LogP contribution in [0.2, 0.25) is 0 Å². The Morgan fingerprint density at radius 3 is 1.63 bits per heavy atom. The average Bonchev–Trinajstić information content (AvgIpc) is 3.81. The molecule has 10 aromatic rings. The molecule has 8 aromatic carbocycles. The second-order valence-electron chi connectivity index (χ2n) is 14.9. The van der Waals surface area contributed by atoms with Gasteiger partial charge in [0.1, 0.15) is 0 Å². The van der Waals surface area contributed by atoms with Crippen molar-refractivity contribution in [3.63, 3.8) is 0 Å². The molecule has 0 amide bonds. The molecule has 2 aromatic heterocycles. The maximum Gasteiger partial charge on any atom is 0.235 e. The van der Waals surface area contributed by atoms with Gasteiger partial charge in [0.25, 0.3) is 0 Å². The van der Waals surface area contributed by atoms with Crippen LogP contribution < -0.4 is 4.90 Å². The van der Waals surface area contributed by atoms with Crippen molar-refractivity contribution in [2.24, 2.45) is 0 Å². The molecule has 57 heavy (non-hydrogen) atoms. The van der Waals surface area contributed by atoms with Crippen molar-refractivity contribution >= 4 is 48.8 Å². The summed E-state index contributed by atoms with van der Waals surface area (Å²) in [5.41, 5.74) is 15.4. The molecule has 0 N–H and O–H groups in total. The third kappa shape index (κ3) is 4.65. The van der Waals surface area contributed by atoms with Gasteiger partial charge in [0, 0.05) is 31.3 Å². The lowest BCUT2D eigenvalue weighted by Crippen LogP contribution is -2.36. The highest BCUT2D eigenvalue weighted by Gasteiger charge is 2.52. The minimum Gasteiger partial charge on any atom is -0.278 e. The van der Waals surface area contributed by atoms with Gasteiger partial charge < -0.3 is 0 Å². The van der Waals surface area contributed by atoms with Crippen LogP contribution in [0.15, 0.2) is 200 Å². The molecule has 0 radical (unpaired) electrons. The van der Waals surface area contributed by atoms with Crippen LogP contribution in [-0.2, 0) is 5.41 Å². The number of hydrogen-bond acceptors (Lipinski definition) is 4. The summed E-state index contributed by atoms with van der Waals surface area (Å²) in [4.78, 5) is 13.0. The van der Waals surface area contributed by atoms with Crippen molar-refractivity contribution < 1.29 is 0 Å². The van der Waals surface area contributed by atoms with Crippen LogP contribution in [0.5, 0.6) is 0 Å². The van der Waals surface area contributed by atoms with Gasteiger partial charge in [-0.15, -0.1) is 11.3 Å². The van der Waals surface area contributed by atoms with Gasteiger partial charge in [-0.25, -0.2) is 9.97 Å². The maximum absolute atomic E-state index is 5.37. The molecule has 0 saturated heterocycles. The molecule has 0 unspecified atom stereocenters. The fraction of sp³-hybridized carbons (Fsp3) is 0.0189. The van der Waals surface area contributed by atoms with E-state index in [1.165, 1.54) is 64.7 Å². The standard InChI is InChI=1S/C53H33N3S/c1-3-16-34(17-4-1)46-33-47(35-18-5-2-6-19-35)55-52(54-46)56-48-27-12-10-25-43(48)53(44-26-11-13-28-49(44)56)42-24-9-7-20-38(42)39-31-30-36(32-45(39)53)37-22-15-23-41-40-21-8-14-29-50(40)57-51(37)41/h1-33H. The van der Waals surface area contributed by atoms with Crippen molar-refractivity contribution in [1.82, 2.24) is 9.97 Å². The highest BCUT2D eigenvalue weighted by atomic mass is 32.1. The van der Waals surface area contributed by atoms with Crippen molar-refractivity contribution in [2.75, 3.05) is 4.90 Å². The van der Waals surface area contributed by atoms with Crippen LogP contribution in [0.1, 0.15) is 22.3 Å². The van der Waals surface area contributed by atoms with E-state index >= 15 is 0 Å². The zero-order chi connectivity index (χ0) is 37.5. The molecule has 1 aliphatic heterocycles. The van der Waals surface area contributed by atoms with Crippen LogP contribution in [0.4, 0.5) is 17.3 Å². The van der Waals surface area contributed by atoms with E-state index in [4.69, 9.17) is 9.97 Å². The third-order valence-corrected chi connectivity index (χ3v) is 13.1. The monoisotopic (exact) mass is 743 g/mol. The number of benzene rings is 8. The van der Waals surface area contributed by atoms with Gasteiger partial charge in [0.05, 0.1) is 28.2 Å². The Balaban J connectivity index is 1.13. The first-order valence-electron chi connectivity index (χ1n) is 19.4. The lowest BCUT2D eigenvalue weighted by molar-refractivity contribution is 0.750. The number of para-hydroxylation sites is 2. The first kappa shape index (κ1) is 32.1. The Bertz CT molecular complexity index is 3100. The Morgan fingerprint density at radius 1 is 0.386 bits per heavy atom. The minimum absolute atomic E-state index is 0.584. The molecular weight excluding hydrogens is 711 g/mol. The van der Waals surface area contributed by atoms with E-state index in [2.05, 4.69) is 193 Å². The normalized spacial score (nSPS) is 13.4. The van der Waals surface area contributed by atoms with Crippen LogP contribution >= 0.6 is 11.3 Å². The minimum atomic E-state index is -0.584. The van der Waals surface area contributed by atoms with Gasteiger partial charge in [0.15, 0.2) is 0 Å². The van der Waals surface area contributed by atoms with Crippen molar-refractivity contribution in [1.29, 1.82) is 0 Å². The summed E-state index contributed by atoms with van der Waals surface area (Å²) in [7, 11) is 0.